The van der Waals surface area contributed by atoms with E-state index in [0.29, 0.717) is 24.3 Å². The van der Waals surface area contributed by atoms with E-state index in [0.717, 1.165) is 11.3 Å². The Morgan fingerprint density at radius 3 is 2.36 bits per heavy atom. The molecule has 2 aromatic rings. The van der Waals surface area contributed by atoms with Gasteiger partial charge in [0.15, 0.2) is 0 Å². The van der Waals surface area contributed by atoms with E-state index >= 15 is 0 Å². The molecule has 5 nitrogen and oxygen atoms in total. The highest BCUT2D eigenvalue weighted by molar-refractivity contribution is 6.20. The molecule has 0 atom stereocenters. The lowest BCUT2D eigenvalue weighted by Crippen LogP contribution is -2.17. The fourth-order valence-corrected chi connectivity index (χ4v) is 2.38. The van der Waals surface area contributed by atoms with Crippen molar-refractivity contribution in [3.05, 3.63) is 59.7 Å². The first-order valence-corrected chi connectivity index (χ1v) is 7.82. The van der Waals surface area contributed by atoms with Crippen LogP contribution in [0, 0.1) is 11.3 Å². The maximum atomic E-state index is 11.6. The van der Waals surface area contributed by atoms with Crippen LogP contribution in [0.3, 0.4) is 0 Å². The molecule has 2 aromatic carbocycles. The van der Waals surface area contributed by atoms with Gasteiger partial charge in [0.2, 0.25) is 0 Å². The van der Waals surface area contributed by atoms with Crippen molar-refractivity contribution in [2.24, 2.45) is 0 Å². The zero-order chi connectivity index (χ0) is 18.2. The average molecular weight is 336 g/mol. The Kier molecular flexibility index (Phi) is 6.19. The van der Waals surface area contributed by atoms with Gasteiger partial charge < -0.3 is 14.7 Å². The number of carboxylic acids is 1. The largest absolute Gasteiger partial charge is 0.497 e. The second-order valence-electron chi connectivity index (χ2n) is 5.51. The molecule has 0 bridgehead atoms. The normalized spacial score (nSPS) is 10.8. The molecule has 0 amide bonds. The number of benzene rings is 2. The monoisotopic (exact) mass is 336 g/mol. The minimum atomic E-state index is -0.986. The highest BCUT2D eigenvalue weighted by Gasteiger charge is 2.11. The summed E-state index contributed by atoms with van der Waals surface area (Å²) in [6, 6.07) is 16.6. The molecule has 2 rings (SSSR count). The van der Waals surface area contributed by atoms with E-state index in [4.69, 9.17) is 10.00 Å². The maximum Gasteiger partial charge on any atom is 0.336 e. The lowest BCUT2D eigenvalue weighted by molar-refractivity contribution is -0.130. The van der Waals surface area contributed by atoms with Crippen LogP contribution in [-0.4, -0.2) is 31.8 Å². The van der Waals surface area contributed by atoms with Crippen molar-refractivity contribution < 1.29 is 14.6 Å². The molecule has 1 N–H and O–H groups in total. The molecule has 0 unspecified atom stereocenters. The maximum absolute atomic E-state index is 11.6. The number of methoxy groups -OCH3 is 1. The highest BCUT2D eigenvalue weighted by atomic mass is 16.5. The minimum Gasteiger partial charge on any atom is -0.497 e. The average Bonchev–Trinajstić information content (AvgIpc) is 2.64. The van der Waals surface area contributed by atoms with Gasteiger partial charge in [-0.05, 0) is 41.5 Å². The first-order valence-electron chi connectivity index (χ1n) is 7.82. The third-order valence-electron chi connectivity index (χ3n) is 3.84. The summed E-state index contributed by atoms with van der Waals surface area (Å²) < 4.78 is 5.10. The number of nitriles is 1. The second kappa shape index (κ2) is 8.55. The Balaban J connectivity index is 2.25. The topological polar surface area (TPSA) is 73.6 Å². The molecular weight excluding hydrogens is 316 g/mol. The van der Waals surface area contributed by atoms with E-state index in [1.165, 1.54) is 0 Å². The van der Waals surface area contributed by atoms with Crippen LogP contribution in [0.25, 0.3) is 11.6 Å². The predicted molar refractivity (Wildman–Crippen MR) is 98.4 cm³/mol. The van der Waals surface area contributed by atoms with E-state index in [1.54, 1.807) is 37.5 Å². The van der Waals surface area contributed by atoms with Crippen LogP contribution in [0.15, 0.2) is 48.5 Å². The molecular formula is C20H20N2O3. The Morgan fingerprint density at radius 2 is 1.84 bits per heavy atom. The molecule has 0 saturated carbocycles. The van der Waals surface area contributed by atoms with E-state index in [9.17, 15) is 9.90 Å². The number of rotatable bonds is 7. The van der Waals surface area contributed by atoms with Gasteiger partial charge in [-0.1, -0.05) is 24.3 Å². The summed E-state index contributed by atoms with van der Waals surface area (Å²) in [4.78, 5) is 13.6. The molecule has 0 aliphatic heterocycles. The summed E-state index contributed by atoms with van der Waals surface area (Å²) in [5.41, 5.74) is 2.61. The summed E-state index contributed by atoms with van der Waals surface area (Å²) in [5.74, 6) is -0.307. The summed E-state index contributed by atoms with van der Waals surface area (Å²) >= 11 is 0. The fourth-order valence-electron chi connectivity index (χ4n) is 2.38. The Labute approximate surface area is 147 Å². The number of aliphatic carboxylic acids is 1. The Hall–Kier alpha value is -3.26. The van der Waals surface area contributed by atoms with Gasteiger partial charge in [-0.15, -0.1) is 0 Å². The summed E-state index contributed by atoms with van der Waals surface area (Å²) in [6.45, 7) is 0.651. The molecule has 0 aliphatic rings. The van der Waals surface area contributed by atoms with Gasteiger partial charge in [0, 0.05) is 19.3 Å². The van der Waals surface area contributed by atoms with Crippen LogP contribution in [0.5, 0.6) is 5.75 Å². The minimum absolute atomic E-state index is 0.216. The standard InChI is InChI=1S/C20H20N2O3/c1-22(13-3-12-21)17-8-4-15(5-9-17)14-19(20(23)24)16-6-10-18(25-2)11-7-16/h4-11,14H,3,13H2,1-2H3,(H,23,24)/b19-14-. The van der Waals surface area contributed by atoms with Crippen LogP contribution < -0.4 is 9.64 Å². The zero-order valence-electron chi connectivity index (χ0n) is 14.3. The Morgan fingerprint density at radius 1 is 1.20 bits per heavy atom. The van der Waals surface area contributed by atoms with Crippen molar-refractivity contribution in [2.45, 2.75) is 6.42 Å². The second-order valence-corrected chi connectivity index (χ2v) is 5.51. The van der Waals surface area contributed by atoms with E-state index in [2.05, 4.69) is 6.07 Å². The first-order chi connectivity index (χ1) is 12.0. The van der Waals surface area contributed by atoms with Crippen LogP contribution in [0.1, 0.15) is 17.5 Å². The van der Waals surface area contributed by atoms with Crippen molar-refractivity contribution in [2.75, 3.05) is 25.6 Å². The van der Waals surface area contributed by atoms with E-state index in [-0.39, 0.29) is 5.57 Å². The van der Waals surface area contributed by atoms with Crippen molar-refractivity contribution >= 4 is 23.3 Å². The number of hydrogen-bond acceptors (Lipinski definition) is 4. The first kappa shape index (κ1) is 18.1. The molecule has 0 radical (unpaired) electrons. The molecule has 0 spiro atoms. The molecule has 25 heavy (non-hydrogen) atoms. The third kappa shape index (κ3) is 4.85. The van der Waals surface area contributed by atoms with Gasteiger partial charge in [0.05, 0.1) is 25.2 Å². The number of anilines is 1. The highest BCUT2D eigenvalue weighted by Crippen LogP contribution is 2.23. The van der Waals surface area contributed by atoms with Gasteiger partial charge in [0.25, 0.3) is 0 Å². The zero-order valence-corrected chi connectivity index (χ0v) is 14.3. The van der Waals surface area contributed by atoms with Crippen LogP contribution >= 0.6 is 0 Å². The summed E-state index contributed by atoms with van der Waals surface area (Å²) in [7, 11) is 3.49. The van der Waals surface area contributed by atoms with Gasteiger partial charge in [0.1, 0.15) is 5.75 Å². The summed E-state index contributed by atoms with van der Waals surface area (Å²) in [6.07, 6.45) is 2.10. The number of ether oxygens (including phenoxy) is 1. The lowest BCUT2D eigenvalue weighted by atomic mass is 10.0. The van der Waals surface area contributed by atoms with Gasteiger partial charge in [-0.2, -0.15) is 5.26 Å². The van der Waals surface area contributed by atoms with Crippen LogP contribution in [0.2, 0.25) is 0 Å². The summed E-state index contributed by atoms with van der Waals surface area (Å²) in [5, 5.41) is 18.2. The Bertz CT molecular complexity index is 787. The number of carboxylic acid groups (broad SMARTS) is 1. The van der Waals surface area contributed by atoms with Crippen LogP contribution in [0.4, 0.5) is 5.69 Å². The number of carbonyl (C=O) groups is 1. The predicted octanol–water partition coefficient (Wildman–Crippen LogP) is 3.67. The molecule has 128 valence electrons. The number of nitrogens with zero attached hydrogens (tertiary/aromatic N) is 2. The molecule has 0 saturated heterocycles. The molecule has 0 aliphatic carbocycles. The fraction of sp³-hybridized carbons (Fsp3) is 0.200. The van der Waals surface area contributed by atoms with Gasteiger partial charge in [-0.25, -0.2) is 4.79 Å². The smallest absolute Gasteiger partial charge is 0.336 e. The molecule has 0 heterocycles. The van der Waals surface area contributed by atoms with Crippen molar-refractivity contribution in [3.63, 3.8) is 0 Å². The van der Waals surface area contributed by atoms with Crippen molar-refractivity contribution in [3.8, 4) is 11.8 Å². The van der Waals surface area contributed by atoms with Gasteiger partial charge >= 0.3 is 5.97 Å². The van der Waals surface area contributed by atoms with E-state index in [1.807, 2.05) is 36.2 Å². The lowest BCUT2D eigenvalue weighted by Gasteiger charge is -2.17. The third-order valence-corrected chi connectivity index (χ3v) is 3.84. The van der Waals surface area contributed by atoms with Gasteiger partial charge in [-0.3, -0.25) is 0 Å². The quantitative estimate of drug-likeness (QED) is 0.617. The van der Waals surface area contributed by atoms with Crippen molar-refractivity contribution in [1.82, 2.24) is 0 Å². The number of hydrogen-bond donors (Lipinski definition) is 1. The van der Waals surface area contributed by atoms with E-state index < -0.39 is 5.97 Å². The molecule has 0 aromatic heterocycles. The van der Waals surface area contributed by atoms with Crippen molar-refractivity contribution in [1.29, 1.82) is 5.26 Å². The van der Waals surface area contributed by atoms with Crippen LogP contribution in [-0.2, 0) is 4.79 Å². The molecule has 5 heteroatoms. The molecule has 0 fully saturated rings. The SMILES string of the molecule is COc1ccc(/C(=C/c2ccc(N(C)CCC#N)cc2)C(=O)O)cc1.